The van der Waals surface area contributed by atoms with Gasteiger partial charge in [0, 0.05) is 10.8 Å². The first-order chi connectivity index (χ1) is 9.86. The monoisotopic (exact) mass is 263 g/mol. The summed E-state index contributed by atoms with van der Waals surface area (Å²) in [5.41, 5.74) is 3.62. The molecule has 0 saturated carbocycles. The highest BCUT2D eigenvalue weighted by Gasteiger charge is 2.01. The van der Waals surface area contributed by atoms with Gasteiger partial charge in [-0.15, -0.1) is 0 Å². The number of unbranched alkanes of at least 4 members (excludes halogenated alkanes) is 3. The first-order valence-electron chi connectivity index (χ1n) is 7.65. The minimum atomic E-state index is 1.09. The Hall–Kier alpha value is -1.89. The van der Waals surface area contributed by atoms with Crippen molar-refractivity contribution in [2.45, 2.75) is 39.0 Å². The molecule has 0 atom stereocenters. The number of aryl methyl sites for hydroxylation is 1. The largest absolute Gasteiger partial charge is 0.248 e. The number of hydrogen-bond acceptors (Lipinski definition) is 1. The molecule has 1 nitrogen and oxygen atoms in total. The van der Waals surface area contributed by atoms with E-state index in [4.69, 9.17) is 4.98 Å². The highest BCUT2D eigenvalue weighted by Crippen LogP contribution is 2.21. The quantitative estimate of drug-likeness (QED) is 0.437. The summed E-state index contributed by atoms with van der Waals surface area (Å²) in [5.74, 6) is 0. The average molecular weight is 263 g/mol. The molecule has 0 N–H and O–H groups in total. The standard InChI is InChI=1S/C19H21N/c1-2-3-4-5-8-15-11-12-17-14-16-9-6-7-10-18(16)20-19(17)13-15/h6-7,9-14H,2-5,8H2,1H3. The Morgan fingerprint density at radius 1 is 0.800 bits per heavy atom. The number of nitrogens with zero attached hydrogens (tertiary/aromatic N) is 1. The van der Waals surface area contributed by atoms with Crippen molar-refractivity contribution >= 4 is 21.8 Å². The van der Waals surface area contributed by atoms with E-state index in [9.17, 15) is 0 Å². The van der Waals surface area contributed by atoms with Gasteiger partial charge in [0.15, 0.2) is 0 Å². The summed E-state index contributed by atoms with van der Waals surface area (Å²) in [7, 11) is 0. The third kappa shape index (κ3) is 2.82. The van der Waals surface area contributed by atoms with E-state index >= 15 is 0 Å². The SMILES string of the molecule is CCCCCCc1ccc2cc3ccccc3nc2c1. The van der Waals surface area contributed by atoms with Gasteiger partial charge in [-0.05, 0) is 36.6 Å². The van der Waals surface area contributed by atoms with Crippen molar-refractivity contribution in [3.05, 3.63) is 54.1 Å². The lowest BCUT2D eigenvalue weighted by Crippen LogP contribution is -1.88. The fourth-order valence-corrected chi connectivity index (χ4v) is 2.73. The van der Waals surface area contributed by atoms with Gasteiger partial charge in [0.05, 0.1) is 11.0 Å². The van der Waals surface area contributed by atoms with E-state index in [1.165, 1.54) is 48.4 Å². The van der Waals surface area contributed by atoms with Crippen molar-refractivity contribution in [2.75, 3.05) is 0 Å². The van der Waals surface area contributed by atoms with Crippen LogP contribution in [-0.2, 0) is 6.42 Å². The molecule has 1 aromatic heterocycles. The van der Waals surface area contributed by atoms with Gasteiger partial charge in [0.1, 0.15) is 0 Å². The van der Waals surface area contributed by atoms with Gasteiger partial charge in [-0.3, -0.25) is 0 Å². The molecule has 0 radical (unpaired) electrons. The predicted molar refractivity (Wildman–Crippen MR) is 87.1 cm³/mol. The molecule has 0 aliphatic heterocycles. The molecule has 0 bridgehead atoms. The number of pyridine rings is 1. The topological polar surface area (TPSA) is 12.9 Å². The van der Waals surface area contributed by atoms with Crippen LogP contribution in [-0.4, -0.2) is 4.98 Å². The van der Waals surface area contributed by atoms with Crippen LogP contribution in [0.15, 0.2) is 48.5 Å². The summed E-state index contributed by atoms with van der Waals surface area (Å²) in [6, 6.07) is 17.3. The Balaban J connectivity index is 1.88. The fourth-order valence-electron chi connectivity index (χ4n) is 2.73. The predicted octanol–water partition coefficient (Wildman–Crippen LogP) is 5.51. The van der Waals surface area contributed by atoms with Crippen LogP contribution in [0.4, 0.5) is 0 Å². The highest BCUT2D eigenvalue weighted by atomic mass is 14.7. The number of hydrogen-bond donors (Lipinski definition) is 0. The van der Waals surface area contributed by atoms with E-state index in [1.54, 1.807) is 0 Å². The molecular formula is C19H21N. The van der Waals surface area contributed by atoms with Crippen LogP contribution in [0, 0.1) is 0 Å². The van der Waals surface area contributed by atoms with Gasteiger partial charge in [0.25, 0.3) is 0 Å². The molecule has 20 heavy (non-hydrogen) atoms. The van der Waals surface area contributed by atoms with Crippen LogP contribution in [0.3, 0.4) is 0 Å². The number of aromatic nitrogens is 1. The van der Waals surface area contributed by atoms with E-state index in [0.29, 0.717) is 0 Å². The minimum absolute atomic E-state index is 1.09. The number of para-hydroxylation sites is 1. The zero-order chi connectivity index (χ0) is 13.8. The van der Waals surface area contributed by atoms with Crippen LogP contribution < -0.4 is 0 Å². The highest BCUT2D eigenvalue weighted by molar-refractivity contribution is 5.92. The second-order valence-electron chi connectivity index (χ2n) is 5.52. The van der Waals surface area contributed by atoms with Crippen molar-refractivity contribution in [1.29, 1.82) is 0 Å². The minimum Gasteiger partial charge on any atom is -0.248 e. The maximum Gasteiger partial charge on any atom is 0.0712 e. The molecule has 1 heteroatoms. The molecule has 2 aromatic carbocycles. The zero-order valence-electron chi connectivity index (χ0n) is 12.1. The number of benzene rings is 2. The third-order valence-electron chi connectivity index (χ3n) is 3.90. The molecule has 0 spiro atoms. The molecule has 3 aromatic rings. The van der Waals surface area contributed by atoms with E-state index < -0.39 is 0 Å². The van der Waals surface area contributed by atoms with E-state index in [0.717, 1.165) is 11.0 Å². The van der Waals surface area contributed by atoms with Crippen molar-refractivity contribution in [3.8, 4) is 0 Å². The lowest BCUT2D eigenvalue weighted by molar-refractivity contribution is 0.667. The van der Waals surface area contributed by atoms with E-state index in [2.05, 4.69) is 55.5 Å². The van der Waals surface area contributed by atoms with E-state index in [1.807, 2.05) is 0 Å². The maximum absolute atomic E-state index is 4.78. The van der Waals surface area contributed by atoms with Crippen molar-refractivity contribution < 1.29 is 0 Å². The second-order valence-corrected chi connectivity index (χ2v) is 5.52. The van der Waals surface area contributed by atoms with Crippen molar-refractivity contribution in [3.63, 3.8) is 0 Å². The first kappa shape index (κ1) is 13.1. The third-order valence-corrected chi connectivity index (χ3v) is 3.90. The molecule has 0 saturated heterocycles. The summed E-state index contributed by atoms with van der Waals surface area (Å²) in [6.45, 7) is 2.26. The summed E-state index contributed by atoms with van der Waals surface area (Å²) in [5, 5.41) is 2.46. The van der Waals surface area contributed by atoms with Gasteiger partial charge in [0.2, 0.25) is 0 Å². The summed E-state index contributed by atoms with van der Waals surface area (Å²) in [4.78, 5) is 4.78. The summed E-state index contributed by atoms with van der Waals surface area (Å²) in [6.07, 6.45) is 6.43. The Morgan fingerprint density at radius 2 is 1.65 bits per heavy atom. The molecular weight excluding hydrogens is 242 g/mol. The smallest absolute Gasteiger partial charge is 0.0712 e. The Bertz CT molecular complexity index is 715. The van der Waals surface area contributed by atoms with Gasteiger partial charge >= 0.3 is 0 Å². The molecule has 0 aliphatic carbocycles. The molecule has 0 aliphatic rings. The zero-order valence-corrected chi connectivity index (χ0v) is 12.1. The molecule has 1 heterocycles. The second kappa shape index (κ2) is 6.04. The molecule has 0 unspecified atom stereocenters. The molecule has 0 amide bonds. The average Bonchev–Trinajstić information content (AvgIpc) is 2.49. The lowest BCUT2D eigenvalue weighted by atomic mass is 10.0. The Kier molecular flexibility index (Phi) is 3.96. The van der Waals surface area contributed by atoms with Gasteiger partial charge in [-0.2, -0.15) is 0 Å². The number of fused-ring (bicyclic) bond motifs is 2. The van der Waals surface area contributed by atoms with Crippen LogP contribution >= 0.6 is 0 Å². The van der Waals surface area contributed by atoms with Gasteiger partial charge in [-0.25, -0.2) is 4.98 Å². The van der Waals surface area contributed by atoms with Crippen LogP contribution in [0.5, 0.6) is 0 Å². The van der Waals surface area contributed by atoms with Crippen molar-refractivity contribution in [2.24, 2.45) is 0 Å². The van der Waals surface area contributed by atoms with Crippen molar-refractivity contribution in [1.82, 2.24) is 4.98 Å². The van der Waals surface area contributed by atoms with Gasteiger partial charge < -0.3 is 0 Å². The van der Waals surface area contributed by atoms with Crippen LogP contribution in [0.25, 0.3) is 21.8 Å². The van der Waals surface area contributed by atoms with E-state index in [-0.39, 0.29) is 0 Å². The van der Waals surface area contributed by atoms with Gasteiger partial charge in [-0.1, -0.05) is 56.5 Å². The lowest BCUT2D eigenvalue weighted by Gasteiger charge is -2.05. The first-order valence-corrected chi connectivity index (χ1v) is 7.65. The molecule has 102 valence electrons. The maximum atomic E-state index is 4.78. The normalized spacial score (nSPS) is 11.2. The van der Waals surface area contributed by atoms with Crippen LogP contribution in [0.2, 0.25) is 0 Å². The Labute approximate surface area is 120 Å². The Morgan fingerprint density at radius 3 is 2.55 bits per heavy atom. The molecule has 3 rings (SSSR count). The summed E-state index contributed by atoms with van der Waals surface area (Å²) < 4.78 is 0. The van der Waals surface area contributed by atoms with Crippen LogP contribution in [0.1, 0.15) is 38.2 Å². The number of rotatable bonds is 5. The molecule has 0 fully saturated rings. The fraction of sp³-hybridized carbons (Fsp3) is 0.316. The summed E-state index contributed by atoms with van der Waals surface area (Å²) >= 11 is 0.